The van der Waals surface area contributed by atoms with Crippen LogP contribution in [-0.2, 0) is 22.4 Å². The molecule has 0 bridgehead atoms. The van der Waals surface area contributed by atoms with Crippen LogP contribution >= 0.6 is 15.9 Å². The molecule has 1 amide bonds. The highest BCUT2D eigenvalue weighted by Crippen LogP contribution is 2.29. The van der Waals surface area contributed by atoms with E-state index in [0.717, 1.165) is 40.7 Å². The zero-order valence-corrected chi connectivity index (χ0v) is 17.2. The Hall–Kier alpha value is -2.50. The Morgan fingerprint density at radius 1 is 1.39 bits per heavy atom. The van der Waals surface area contributed by atoms with Crippen LogP contribution in [-0.4, -0.2) is 41.7 Å². The lowest BCUT2D eigenvalue weighted by Crippen LogP contribution is -2.36. The van der Waals surface area contributed by atoms with Gasteiger partial charge in [0.1, 0.15) is 5.69 Å². The first kappa shape index (κ1) is 20.2. The molecule has 3 rings (SSSR count). The summed E-state index contributed by atoms with van der Waals surface area (Å²) >= 11 is 3.46. The van der Waals surface area contributed by atoms with Crippen molar-refractivity contribution in [1.82, 2.24) is 15.1 Å². The molecular weight excluding hydrogens is 424 g/mol. The lowest BCUT2D eigenvalue weighted by atomic mass is 9.91. The van der Waals surface area contributed by atoms with Crippen LogP contribution in [0.2, 0.25) is 0 Å². The number of ether oxygens (including phenoxy) is 1. The number of methoxy groups -OCH3 is 1. The summed E-state index contributed by atoms with van der Waals surface area (Å²) in [6.07, 6.45) is 3.49. The molecule has 0 radical (unpaired) electrons. The summed E-state index contributed by atoms with van der Waals surface area (Å²) in [6.45, 7) is 0.552. The number of rotatable bonds is 7. The van der Waals surface area contributed by atoms with Gasteiger partial charge in [0, 0.05) is 29.4 Å². The van der Waals surface area contributed by atoms with E-state index in [1.807, 2.05) is 30.3 Å². The molecule has 0 saturated heterocycles. The number of nitriles is 1. The Labute approximate surface area is 171 Å². The fourth-order valence-electron chi connectivity index (χ4n) is 3.37. The number of nitrogens with zero attached hydrogens (tertiary/aromatic N) is 3. The minimum atomic E-state index is -1.42. The number of carbonyl (C=O) groups is 2. The van der Waals surface area contributed by atoms with Gasteiger partial charge in [0.05, 0.1) is 18.4 Å². The number of aromatic nitrogens is 2. The quantitative estimate of drug-likeness (QED) is 0.402. The largest absolute Gasteiger partial charge is 0.383 e. The van der Waals surface area contributed by atoms with E-state index in [2.05, 4.69) is 26.3 Å². The van der Waals surface area contributed by atoms with Crippen molar-refractivity contribution in [3.63, 3.8) is 0 Å². The van der Waals surface area contributed by atoms with Crippen LogP contribution in [0.1, 0.15) is 34.6 Å². The van der Waals surface area contributed by atoms with Crippen LogP contribution in [0.4, 0.5) is 0 Å². The second-order valence-electron chi connectivity index (χ2n) is 6.58. The van der Waals surface area contributed by atoms with Crippen molar-refractivity contribution < 1.29 is 14.3 Å². The molecule has 1 heterocycles. The van der Waals surface area contributed by atoms with Crippen LogP contribution in [0.3, 0.4) is 0 Å². The maximum atomic E-state index is 13.0. The summed E-state index contributed by atoms with van der Waals surface area (Å²) in [7, 11) is 1.51. The monoisotopic (exact) mass is 444 g/mol. The minimum absolute atomic E-state index is 0.225. The normalized spacial score (nSPS) is 14.0. The lowest BCUT2D eigenvalue weighted by Gasteiger charge is -2.14. The van der Waals surface area contributed by atoms with Crippen LogP contribution in [0, 0.1) is 17.2 Å². The number of amides is 1. The van der Waals surface area contributed by atoms with Crippen molar-refractivity contribution in [1.29, 1.82) is 5.26 Å². The summed E-state index contributed by atoms with van der Waals surface area (Å²) < 4.78 is 7.56. The summed E-state index contributed by atoms with van der Waals surface area (Å²) in [6, 6.07) is 9.50. The van der Waals surface area contributed by atoms with Gasteiger partial charge in [-0.3, -0.25) is 9.59 Å². The highest BCUT2D eigenvalue weighted by atomic mass is 79.9. The lowest BCUT2D eigenvalue weighted by molar-refractivity contribution is -0.122. The van der Waals surface area contributed by atoms with E-state index in [0.29, 0.717) is 13.0 Å². The second-order valence-corrected chi connectivity index (χ2v) is 7.50. The summed E-state index contributed by atoms with van der Waals surface area (Å²) in [5, 5.41) is 16.5. The van der Waals surface area contributed by atoms with Crippen molar-refractivity contribution in [3.8, 4) is 11.8 Å². The first-order valence-electron chi connectivity index (χ1n) is 9.14. The van der Waals surface area contributed by atoms with Gasteiger partial charge in [-0.05, 0) is 43.9 Å². The number of Topliss-reactive ketones (excluding diaryl/α,β-unsaturated/α-hetero) is 1. The molecule has 7 nitrogen and oxygen atoms in total. The number of fused-ring (bicyclic) bond motifs is 1. The highest BCUT2D eigenvalue weighted by molar-refractivity contribution is 9.10. The third-order valence-electron chi connectivity index (χ3n) is 4.73. The van der Waals surface area contributed by atoms with Crippen molar-refractivity contribution in [2.75, 3.05) is 20.3 Å². The Morgan fingerprint density at radius 3 is 2.89 bits per heavy atom. The van der Waals surface area contributed by atoms with E-state index in [-0.39, 0.29) is 12.2 Å². The average molecular weight is 445 g/mol. The zero-order valence-electron chi connectivity index (χ0n) is 15.6. The number of halogens is 1. The molecule has 1 aliphatic carbocycles. The fraction of sp³-hybridized carbons (Fsp3) is 0.400. The molecule has 1 unspecified atom stereocenters. The molecule has 1 N–H and O–H groups in total. The maximum absolute atomic E-state index is 13.0. The molecule has 0 saturated carbocycles. The number of benzene rings is 1. The fourth-order valence-corrected chi connectivity index (χ4v) is 3.76. The average Bonchev–Trinajstić information content (AvgIpc) is 3.08. The van der Waals surface area contributed by atoms with Gasteiger partial charge >= 0.3 is 0 Å². The number of hydrogen-bond donors (Lipinski definition) is 1. The van der Waals surface area contributed by atoms with Crippen LogP contribution in [0.15, 0.2) is 28.7 Å². The minimum Gasteiger partial charge on any atom is -0.383 e. The van der Waals surface area contributed by atoms with Crippen molar-refractivity contribution in [3.05, 3.63) is 45.7 Å². The Morgan fingerprint density at radius 2 is 2.18 bits per heavy atom. The Kier molecular flexibility index (Phi) is 6.60. The van der Waals surface area contributed by atoms with Crippen molar-refractivity contribution in [2.45, 2.75) is 25.7 Å². The number of nitrogens with one attached hydrogen (secondary N) is 1. The van der Waals surface area contributed by atoms with E-state index in [1.54, 1.807) is 4.68 Å². The molecule has 8 heteroatoms. The highest BCUT2D eigenvalue weighted by Gasteiger charge is 2.33. The standard InChI is InChI=1S/C20H21BrN4O3/c1-28-10-9-23-20(27)16(12-22)19(26)18-15-7-2-3-8-17(15)25(24-18)14-6-4-5-13(21)11-14/h4-6,11,16H,2-3,7-10H2,1H3,(H,23,27). The van der Waals surface area contributed by atoms with E-state index in [1.165, 1.54) is 7.11 Å². The van der Waals surface area contributed by atoms with Crippen LogP contribution < -0.4 is 5.32 Å². The SMILES string of the molecule is COCCNC(=O)C(C#N)C(=O)c1nn(-c2cccc(Br)c2)c2c1CCCC2. The Bertz CT molecular complexity index is 932. The van der Waals surface area contributed by atoms with E-state index in [9.17, 15) is 14.9 Å². The van der Waals surface area contributed by atoms with Crippen molar-refractivity contribution in [2.24, 2.45) is 5.92 Å². The molecule has 1 aromatic heterocycles. The maximum Gasteiger partial charge on any atom is 0.245 e. The summed E-state index contributed by atoms with van der Waals surface area (Å²) in [4.78, 5) is 25.3. The molecule has 0 spiro atoms. The van der Waals surface area contributed by atoms with Gasteiger partial charge in [-0.2, -0.15) is 10.4 Å². The third-order valence-corrected chi connectivity index (χ3v) is 5.22. The van der Waals surface area contributed by atoms with Crippen LogP contribution in [0.25, 0.3) is 5.69 Å². The third kappa shape index (κ3) is 4.16. The van der Waals surface area contributed by atoms with Gasteiger partial charge in [-0.25, -0.2) is 4.68 Å². The van der Waals surface area contributed by atoms with Gasteiger partial charge in [0.25, 0.3) is 0 Å². The molecule has 2 aromatic rings. The Balaban J connectivity index is 1.96. The topological polar surface area (TPSA) is 97.0 Å². The smallest absolute Gasteiger partial charge is 0.245 e. The van der Waals surface area contributed by atoms with Crippen molar-refractivity contribution >= 4 is 27.6 Å². The molecule has 0 fully saturated rings. The number of ketones is 1. The first-order chi connectivity index (χ1) is 13.6. The number of hydrogen-bond acceptors (Lipinski definition) is 5. The molecule has 146 valence electrons. The van der Waals surface area contributed by atoms with Gasteiger partial charge in [-0.1, -0.05) is 22.0 Å². The van der Waals surface area contributed by atoms with E-state index in [4.69, 9.17) is 4.74 Å². The molecule has 1 atom stereocenters. The van der Waals surface area contributed by atoms with Gasteiger partial charge in [0.2, 0.25) is 11.7 Å². The summed E-state index contributed by atoms with van der Waals surface area (Å²) in [5.74, 6) is -2.59. The number of carbonyl (C=O) groups excluding carboxylic acids is 2. The molecular formula is C20H21BrN4O3. The molecule has 0 aliphatic heterocycles. The van der Waals surface area contributed by atoms with Gasteiger partial charge < -0.3 is 10.1 Å². The van der Waals surface area contributed by atoms with Gasteiger partial charge in [-0.15, -0.1) is 0 Å². The summed E-state index contributed by atoms with van der Waals surface area (Å²) in [5.41, 5.74) is 2.89. The second kappa shape index (κ2) is 9.13. The van der Waals surface area contributed by atoms with Gasteiger partial charge in [0.15, 0.2) is 5.92 Å². The molecule has 1 aliphatic rings. The van der Waals surface area contributed by atoms with E-state index >= 15 is 0 Å². The molecule has 1 aromatic carbocycles. The molecule has 28 heavy (non-hydrogen) atoms. The predicted molar refractivity (Wildman–Crippen MR) is 106 cm³/mol. The van der Waals surface area contributed by atoms with Crippen LogP contribution in [0.5, 0.6) is 0 Å². The predicted octanol–water partition coefficient (Wildman–Crippen LogP) is 2.60. The van der Waals surface area contributed by atoms with E-state index < -0.39 is 17.6 Å². The first-order valence-corrected chi connectivity index (χ1v) is 9.93. The zero-order chi connectivity index (χ0) is 20.1.